The van der Waals surface area contributed by atoms with E-state index in [0.717, 1.165) is 30.3 Å². The first kappa shape index (κ1) is 14.4. The second-order valence-corrected chi connectivity index (χ2v) is 6.60. The Morgan fingerprint density at radius 3 is 2.76 bits per heavy atom. The number of anilines is 2. The van der Waals surface area contributed by atoms with Crippen molar-refractivity contribution < 1.29 is 4.79 Å². The minimum Gasteiger partial charge on any atom is -0.380 e. The highest BCUT2D eigenvalue weighted by Crippen LogP contribution is 2.32. The maximum Gasteiger partial charge on any atom is 0.229 e. The standard InChI is InChI=1S/C18H26N2O/c1-14-13-18(21)20(12-11-15-7-3-2-4-8-15)17-10-6-5-9-16(17)19-14/h5-6,9-10,14-15,19H,2-4,7-8,11-13H2,1H3/t14-/m0/s1. The van der Waals surface area contributed by atoms with Crippen LogP contribution in [0.5, 0.6) is 0 Å². The Balaban J connectivity index is 1.74. The zero-order valence-electron chi connectivity index (χ0n) is 13.0. The monoisotopic (exact) mass is 286 g/mol. The molecule has 3 rings (SSSR count). The van der Waals surface area contributed by atoms with Gasteiger partial charge in [-0.1, -0.05) is 44.2 Å². The number of nitrogens with one attached hydrogen (secondary N) is 1. The highest BCUT2D eigenvalue weighted by molar-refractivity contribution is 5.98. The Hall–Kier alpha value is -1.51. The fourth-order valence-corrected chi connectivity index (χ4v) is 3.69. The van der Waals surface area contributed by atoms with Crippen LogP contribution >= 0.6 is 0 Å². The fraction of sp³-hybridized carbons (Fsp3) is 0.611. The number of benzene rings is 1. The molecule has 0 aromatic heterocycles. The molecule has 1 aromatic carbocycles. The van der Waals surface area contributed by atoms with Gasteiger partial charge in [-0.05, 0) is 31.4 Å². The van der Waals surface area contributed by atoms with Gasteiger partial charge in [0, 0.05) is 19.0 Å². The van der Waals surface area contributed by atoms with Crippen LogP contribution in [-0.4, -0.2) is 18.5 Å². The van der Waals surface area contributed by atoms with Crippen molar-refractivity contribution in [2.75, 3.05) is 16.8 Å². The Kier molecular flexibility index (Phi) is 4.47. The third-order valence-electron chi connectivity index (χ3n) is 4.86. The molecule has 1 atom stereocenters. The fourth-order valence-electron chi connectivity index (χ4n) is 3.69. The Morgan fingerprint density at radius 1 is 1.19 bits per heavy atom. The Morgan fingerprint density at radius 2 is 1.95 bits per heavy atom. The minimum atomic E-state index is 0.207. The van der Waals surface area contributed by atoms with E-state index < -0.39 is 0 Å². The Bertz CT molecular complexity index is 494. The van der Waals surface area contributed by atoms with Crippen LogP contribution < -0.4 is 10.2 Å². The minimum absolute atomic E-state index is 0.207. The van der Waals surface area contributed by atoms with Crippen LogP contribution in [0.25, 0.3) is 0 Å². The number of amides is 1. The van der Waals surface area contributed by atoms with Gasteiger partial charge < -0.3 is 10.2 Å². The van der Waals surface area contributed by atoms with E-state index in [1.165, 1.54) is 32.1 Å². The van der Waals surface area contributed by atoms with Crippen LogP contribution in [0.1, 0.15) is 51.9 Å². The largest absolute Gasteiger partial charge is 0.380 e. The summed E-state index contributed by atoms with van der Waals surface area (Å²) in [6.07, 6.45) is 8.55. The molecule has 0 bridgehead atoms. The van der Waals surface area contributed by atoms with Gasteiger partial charge in [0.15, 0.2) is 0 Å². The predicted molar refractivity (Wildman–Crippen MR) is 87.7 cm³/mol. The maximum atomic E-state index is 12.5. The van der Waals surface area contributed by atoms with Crippen molar-refractivity contribution in [1.29, 1.82) is 0 Å². The molecule has 0 saturated heterocycles. The van der Waals surface area contributed by atoms with E-state index in [9.17, 15) is 4.79 Å². The number of hydrogen-bond acceptors (Lipinski definition) is 2. The highest BCUT2D eigenvalue weighted by atomic mass is 16.2. The van der Waals surface area contributed by atoms with Crippen molar-refractivity contribution in [3.8, 4) is 0 Å². The third-order valence-corrected chi connectivity index (χ3v) is 4.86. The molecule has 2 aliphatic rings. The van der Waals surface area contributed by atoms with E-state index >= 15 is 0 Å². The van der Waals surface area contributed by atoms with Crippen molar-refractivity contribution in [3.05, 3.63) is 24.3 Å². The number of nitrogens with zero attached hydrogens (tertiary/aromatic N) is 1. The molecule has 1 fully saturated rings. The molecule has 1 aliphatic carbocycles. The molecule has 1 aliphatic heterocycles. The second kappa shape index (κ2) is 6.50. The zero-order chi connectivity index (χ0) is 14.7. The smallest absolute Gasteiger partial charge is 0.229 e. The molecule has 3 heteroatoms. The van der Waals surface area contributed by atoms with E-state index in [4.69, 9.17) is 0 Å². The molecule has 1 heterocycles. The van der Waals surface area contributed by atoms with Crippen LogP contribution in [-0.2, 0) is 4.79 Å². The third kappa shape index (κ3) is 3.39. The lowest BCUT2D eigenvalue weighted by molar-refractivity contribution is -0.118. The van der Waals surface area contributed by atoms with Gasteiger partial charge in [-0.2, -0.15) is 0 Å². The highest BCUT2D eigenvalue weighted by Gasteiger charge is 2.25. The SMILES string of the molecule is C[C@H]1CC(=O)N(CCC2CCCCC2)c2ccccc2N1. The first-order valence-electron chi connectivity index (χ1n) is 8.40. The van der Waals surface area contributed by atoms with Crippen molar-refractivity contribution in [2.45, 2.75) is 57.9 Å². The number of carbonyl (C=O) groups excluding carboxylic acids is 1. The number of carbonyl (C=O) groups is 1. The van der Waals surface area contributed by atoms with Crippen LogP contribution in [0.2, 0.25) is 0 Å². The lowest BCUT2D eigenvalue weighted by atomic mass is 9.87. The summed E-state index contributed by atoms with van der Waals surface area (Å²) in [7, 11) is 0. The molecular weight excluding hydrogens is 260 g/mol. The molecule has 1 N–H and O–H groups in total. The Labute approximate surface area is 127 Å². The molecule has 1 amide bonds. The van der Waals surface area contributed by atoms with Gasteiger partial charge >= 0.3 is 0 Å². The zero-order valence-corrected chi connectivity index (χ0v) is 13.0. The molecular formula is C18H26N2O. The van der Waals surface area contributed by atoms with E-state index in [2.05, 4.69) is 24.4 Å². The van der Waals surface area contributed by atoms with Gasteiger partial charge in [-0.25, -0.2) is 0 Å². The van der Waals surface area contributed by atoms with E-state index in [-0.39, 0.29) is 11.9 Å². The first-order chi connectivity index (χ1) is 10.2. The molecule has 3 nitrogen and oxygen atoms in total. The van der Waals surface area contributed by atoms with Gasteiger partial charge in [-0.15, -0.1) is 0 Å². The predicted octanol–water partition coefficient (Wildman–Crippen LogP) is 4.19. The molecule has 1 aromatic rings. The van der Waals surface area contributed by atoms with Crippen LogP contribution in [0.4, 0.5) is 11.4 Å². The van der Waals surface area contributed by atoms with Crippen LogP contribution in [0.3, 0.4) is 0 Å². The van der Waals surface area contributed by atoms with Crippen molar-refractivity contribution in [3.63, 3.8) is 0 Å². The van der Waals surface area contributed by atoms with Crippen molar-refractivity contribution in [2.24, 2.45) is 5.92 Å². The maximum absolute atomic E-state index is 12.5. The summed E-state index contributed by atoms with van der Waals surface area (Å²) in [4.78, 5) is 14.6. The average molecular weight is 286 g/mol. The quantitative estimate of drug-likeness (QED) is 0.903. The van der Waals surface area contributed by atoms with Crippen LogP contribution in [0.15, 0.2) is 24.3 Å². The number of hydrogen-bond donors (Lipinski definition) is 1. The lowest BCUT2D eigenvalue weighted by Gasteiger charge is -2.27. The summed E-state index contributed by atoms with van der Waals surface area (Å²) in [5.74, 6) is 1.07. The molecule has 0 unspecified atom stereocenters. The van der Waals surface area contributed by atoms with Gasteiger partial charge in [0.05, 0.1) is 11.4 Å². The molecule has 0 radical (unpaired) electrons. The topological polar surface area (TPSA) is 32.3 Å². The average Bonchev–Trinajstić information content (AvgIpc) is 2.61. The van der Waals surface area contributed by atoms with Crippen molar-refractivity contribution >= 4 is 17.3 Å². The first-order valence-corrected chi connectivity index (χ1v) is 8.40. The van der Waals surface area contributed by atoms with Gasteiger partial charge in [0.2, 0.25) is 5.91 Å². The number of para-hydroxylation sites is 2. The summed E-state index contributed by atoms with van der Waals surface area (Å²) < 4.78 is 0. The van der Waals surface area contributed by atoms with Gasteiger partial charge in [0.25, 0.3) is 0 Å². The second-order valence-electron chi connectivity index (χ2n) is 6.60. The number of fused-ring (bicyclic) bond motifs is 1. The van der Waals surface area contributed by atoms with E-state index in [0.29, 0.717) is 6.42 Å². The van der Waals surface area contributed by atoms with Gasteiger partial charge in [-0.3, -0.25) is 4.79 Å². The summed E-state index contributed by atoms with van der Waals surface area (Å²) in [5, 5.41) is 3.46. The molecule has 21 heavy (non-hydrogen) atoms. The van der Waals surface area contributed by atoms with Crippen molar-refractivity contribution in [1.82, 2.24) is 0 Å². The van der Waals surface area contributed by atoms with Gasteiger partial charge in [0.1, 0.15) is 0 Å². The molecule has 114 valence electrons. The summed E-state index contributed by atoms with van der Waals surface area (Å²) in [5.41, 5.74) is 2.15. The molecule has 1 saturated carbocycles. The normalized spacial score (nSPS) is 23.4. The van der Waals surface area contributed by atoms with E-state index in [1.807, 2.05) is 17.0 Å². The summed E-state index contributed by atoms with van der Waals surface area (Å²) in [6, 6.07) is 8.42. The van der Waals surface area contributed by atoms with Crippen LogP contribution in [0, 0.1) is 5.92 Å². The lowest BCUT2D eigenvalue weighted by Crippen LogP contribution is -2.33. The number of rotatable bonds is 3. The summed E-state index contributed by atoms with van der Waals surface area (Å²) >= 11 is 0. The van der Waals surface area contributed by atoms with E-state index in [1.54, 1.807) is 0 Å². The summed E-state index contributed by atoms with van der Waals surface area (Å²) in [6.45, 7) is 2.95. The molecule has 0 spiro atoms.